The fraction of sp³-hybridized carbons (Fsp3) is 0.200. The van der Waals surface area contributed by atoms with Crippen molar-refractivity contribution in [3.8, 4) is 0 Å². The summed E-state index contributed by atoms with van der Waals surface area (Å²) in [6.07, 6.45) is 0.733. The molecule has 0 saturated heterocycles. The molecule has 0 aliphatic rings. The molecule has 0 aliphatic carbocycles. The highest BCUT2D eigenvalue weighted by atomic mass is 35.5. The van der Waals surface area contributed by atoms with Gasteiger partial charge in [0.05, 0.1) is 0 Å². The van der Waals surface area contributed by atoms with E-state index in [1.807, 2.05) is 6.07 Å². The minimum Gasteiger partial charge on any atom is -0.312 e. The molecule has 0 unspecified atom stereocenters. The van der Waals surface area contributed by atoms with Crippen molar-refractivity contribution in [2.24, 2.45) is 0 Å². The zero-order valence-electron chi connectivity index (χ0n) is 10.3. The lowest BCUT2D eigenvalue weighted by Crippen LogP contribution is -2.17. The van der Waals surface area contributed by atoms with Gasteiger partial charge >= 0.3 is 0 Å². The molecule has 0 saturated carbocycles. The SMILES string of the molecule is Fc1cccc(CCNCc2ccc(F)cc2Cl)c1. The third-order valence-corrected chi connectivity index (χ3v) is 3.16. The predicted molar refractivity (Wildman–Crippen MR) is 73.2 cm³/mol. The topological polar surface area (TPSA) is 12.0 Å². The smallest absolute Gasteiger partial charge is 0.124 e. The van der Waals surface area contributed by atoms with Gasteiger partial charge < -0.3 is 5.32 Å². The molecule has 0 spiro atoms. The van der Waals surface area contributed by atoms with Crippen LogP contribution in [0.25, 0.3) is 0 Å². The zero-order valence-corrected chi connectivity index (χ0v) is 11.1. The Morgan fingerprint density at radius 2 is 1.79 bits per heavy atom. The highest BCUT2D eigenvalue weighted by Crippen LogP contribution is 2.16. The number of nitrogens with one attached hydrogen (secondary N) is 1. The van der Waals surface area contributed by atoms with Gasteiger partial charge in [0.2, 0.25) is 0 Å². The number of benzene rings is 2. The maximum atomic E-state index is 13.0. The maximum Gasteiger partial charge on any atom is 0.124 e. The van der Waals surface area contributed by atoms with Crippen LogP contribution in [-0.4, -0.2) is 6.54 Å². The summed E-state index contributed by atoms with van der Waals surface area (Å²) in [6.45, 7) is 1.27. The molecule has 0 aliphatic heterocycles. The number of hydrogen-bond acceptors (Lipinski definition) is 1. The van der Waals surface area contributed by atoms with Crippen LogP contribution in [0.1, 0.15) is 11.1 Å². The maximum absolute atomic E-state index is 13.0. The summed E-state index contributed by atoms with van der Waals surface area (Å²) < 4.78 is 25.8. The van der Waals surface area contributed by atoms with Gasteiger partial charge in [0.1, 0.15) is 11.6 Å². The van der Waals surface area contributed by atoms with Crippen LogP contribution in [0.15, 0.2) is 42.5 Å². The summed E-state index contributed by atoms with van der Waals surface area (Å²) >= 11 is 5.92. The Labute approximate surface area is 116 Å². The van der Waals surface area contributed by atoms with Gasteiger partial charge in [-0.25, -0.2) is 8.78 Å². The van der Waals surface area contributed by atoms with Gasteiger partial charge in [-0.05, 0) is 48.4 Å². The van der Waals surface area contributed by atoms with Crippen LogP contribution >= 0.6 is 11.6 Å². The van der Waals surface area contributed by atoms with Crippen molar-refractivity contribution < 1.29 is 8.78 Å². The normalized spacial score (nSPS) is 10.7. The molecule has 0 atom stereocenters. The molecule has 100 valence electrons. The first kappa shape index (κ1) is 14.0. The number of rotatable bonds is 5. The van der Waals surface area contributed by atoms with E-state index in [1.165, 1.54) is 24.3 Å². The van der Waals surface area contributed by atoms with E-state index < -0.39 is 0 Å². The summed E-state index contributed by atoms with van der Waals surface area (Å²) in [5, 5.41) is 3.62. The van der Waals surface area contributed by atoms with Crippen LogP contribution in [0.4, 0.5) is 8.78 Å². The van der Waals surface area contributed by atoms with Crippen molar-refractivity contribution in [3.63, 3.8) is 0 Å². The number of halogens is 3. The number of hydrogen-bond donors (Lipinski definition) is 1. The first-order valence-electron chi connectivity index (χ1n) is 6.04. The van der Waals surface area contributed by atoms with Crippen molar-refractivity contribution in [3.05, 3.63) is 70.2 Å². The van der Waals surface area contributed by atoms with Crippen molar-refractivity contribution in [2.75, 3.05) is 6.54 Å². The van der Waals surface area contributed by atoms with E-state index in [-0.39, 0.29) is 11.6 Å². The van der Waals surface area contributed by atoms with Crippen molar-refractivity contribution in [1.29, 1.82) is 0 Å². The van der Waals surface area contributed by atoms with E-state index in [4.69, 9.17) is 11.6 Å². The summed E-state index contributed by atoms with van der Waals surface area (Å²) in [5.41, 5.74) is 1.79. The predicted octanol–water partition coefficient (Wildman–Crippen LogP) is 3.95. The van der Waals surface area contributed by atoms with Crippen molar-refractivity contribution in [2.45, 2.75) is 13.0 Å². The van der Waals surface area contributed by atoms with Crippen LogP contribution in [0, 0.1) is 11.6 Å². The monoisotopic (exact) mass is 281 g/mol. The van der Waals surface area contributed by atoms with Gasteiger partial charge in [-0.3, -0.25) is 0 Å². The summed E-state index contributed by atoms with van der Waals surface area (Å²) in [7, 11) is 0. The van der Waals surface area contributed by atoms with Gasteiger partial charge in [-0.2, -0.15) is 0 Å². The van der Waals surface area contributed by atoms with Crippen LogP contribution < -0.4 is 5.32 Å². The Kier molecular flexibility index (Phi) is 4.88. The molecule has 0 fully saturated rings. The van der Waals surface area contributed by atoms with E-state index in [0.29, 0.717) is 18.1 Å². The van der Waals surface area contributed by atoms with Crippen molar-refractivity contribution >= 4 is 11.6 Å². The molecule has 0 amide bonds. The Hall–Kier alpha value is -1.45. The highest BCUT2D eigenvalue weighted by Gasteiger charge is 2.01. The van der Waals surface area contributed by atoms with Gasteiger partial charge in [0, 0.05) is 11.6 Å². The Bertz CT molecular complexity index is 558. The highest BCUT2D eigenvalue weighted by molar-refractivity contribution is 6.31. The minimum atomic E-state index is -0.339. The summed E-state index contributed by atoms with van der Waals surface area (Å²) in [5.74, 6) is -0.562. The first-order valence-corrected chi connectivity index (χ1v) is 6.42. The molecule has 1 nitrogen and oxygen atoms in total. The summed E-state index contributed by atoms with van der Waals surface area (Å²) in [6, 6.07) is 10.9. The summed E-state index contributed by atoms with van der Waals surface area (Å²) in [4.78, 5) is 0. The minimum absolute atomic E-state index is 0.223. The fourth-order valence-corrected chi connectivity index (χ4v) is 2.05. The standard InChI is InChI=1S/C15H14ClF2N/c16-15-9-14(18)5-4-12(15)10-19-7-6-11-2-1-3-13(17)8-11/h1-5,8-9,19H,6-7,10H2. The second-order valence-corrected chi connectivity index (χ2v) is 4.70. The molecule has 0 aromatic heterocycles. The average molecular weight is 282 g/mol. The quantitative estimate of drug-likeness (QED) is 0.818. The van der Waals surface area contributed by atoms with Crippen LogP contribution in [-0.2, 0) is 13.0 Å². The third-order valence-electron chi connectivity index (χ3n) is 2.81. The van der Waals surface area contributed by atoms with Gasteiger partial charge in [-0.15, -0.1) is 0 Å². The Morgan fingerprint density at radius 1 is 1.00 bits per heavy atom. The first-order chi connectivity index (χ1) is 9.15. The zero-order chi connectivity index (χ0) is 13.7. The molecule has 1 N–H and O–H groups in total. The van der Waals surface area contributed by atoms with Gasteiger partial charge in [0.15, 0.2) is 0 Å². The molecule has 2 aromatic rings. The van der Waals surface area contributed by atoms with Crippen LogP contribution in [0.5, 0.6) is 0 Å². The lowest BCUT2D eigenvalue weighted by Gasteiger charge is -2.07. The molecule has 4 heteroatoms. The van der Waals surface area contributed by atoms with Gasteiger partial charge in [-0.1, -0.05) is 29.8 Å². The molecule has 0 radical (unpaired) electrons. The third kappa shape index (κ3) is 4.30. The van der Waals surface area contributed by atoms with Crippen molar-refractivity contribution in [1.82, 2.24) is 5.32 Å². The van der Waals surface area contributed by atoms with E-state index in [0.717, 1.165) is 17.5 Å². The van der Waals surface area contributed by atoms with Crippen LogP contribution in [0.2, 0.25) is 5.02 Å². The largest absolute Gasteiger partial charge is 0.312 e. The van der Waals surface area contributed by atoms with E-state index in [9.17, 15) is 8.78 Å². The molecular weight excluding hydrogens is 268 g/mol. The fourth-order valence-electron chi connectivity index (χ4n) is 1.81. The molecule has 2 aromatic carbocycles. The average Bonchev–Trinajstić information content (AvgIpc) is 2.37. The molecule has 19 heavy (non-hydrogen) atoms. The second kappa shape index (κ2) is 6.64. The molecule has 2 rings (SSSR count). The Morgan fingerprint density at radius 3 is 2.53 bits per heavy atom. The van der Waals surface area contributed by atoms with E-state index in [1.54, 1.807) is 12.1 Å². The molecule has 0 heterocycles. The molecular formula is C15H14ClF2N. The lowest BCUT2D eigenvalue weighted by molar-refractivity contribution is 0.621. The Balaban J connectivity index is 1.81. The van der Waals surface area contributed by atoms with E-state index in [2.05, 4.69) is 5.32 Å². The lowest BCUT2D eigenvalue weighted by atomic mass is 10.1. The second-order valence-electron chi connectivity index (χ2n) is 4.29. The van der Waals surface area contributed by atoms with E-state index >= 15 is 0 Å². The molecule has 0 bridgehead atoms. The van der Waals surface area contributed by atoms with Gasteiger partial charge in [0.25, 0.3) is 0 Å². The van der Waals surface area contributed by atoms with Crippen LogP contribution in [0.3, 0.4) is 0 Å².